The Balaban J connectivity index is 2.41. The number of esters is 1. The molecule has 0 radical (unpaired) electrons. The van der Waals surface area contributed by atoms with Gasteiger partial charge in [-0.1, -0.05) is 26.7 Å². The first-order valence-corrected chi connectivity index (χ1v) is 5.55. The third-order valence-electron chi connectivity index (χ3n) is 2.74. The molecule has 0 spiro atoms. The second-order valence-corrected chi connectivity index (χ2v) is 3.89. The fourth-order valence-corrected chi connectivity index (χ4v) is 1.70. The summed E-state index contributed by atoms with van der Waals surface area (Å²) >= 11 is 0. The van der Waals surface area contributed by atoms with Gasteiger partial charge < -0.3 is 9.47 Å². The highest BCUT2D eigenvalue weighted by atomic mass is 16.8. The highest BCUT2D eigenvalue weighted by Crippen LogP contribution is 2.26. The lowest BCUT2D eigenvalue weighted by Gasteiger charge is -2.19. The van der Waals surface area contributed by atoms with Crippen LogP contribution in [-0.2, 0) is 14.3 Å². The maximum atomic E-state index is 11.1. The van der Waals surface area contributed by atoms with Crippen LogP contribution in [0.5, 0.6) is 0 Å². The van der Waals surface area contributed by atoms with Crippen molar-refractivity contribution in [1.29, 1.82) is 0 Å². The molecule has 3 atom stereocenters. The molecule has 0 aromatic carbocycles. The summed E-state index contributed by atoms with van der Waals surface area (Å²) in [5.74, 6) is 0.147. The van der Waals surface area contributed by atoms with Gasteiger partial charge in [-0.25, -0.2) is 4.79 Å². The van der Waals surface area contributed by atoms with Crippen molar-refractivity contribution in [2.75, 3.05) is 0 Å². The van der Waals surface area contributed by atoms with Crippen LogP contribution in [0.25, 0.3) is 0 Å². The molecule has 1 aliphatic heterocycles. The number of carbonyl (C=O) groups excluding carboxylic acids is 1. The Labute approximate surface area is 85.8 Å². The van der Waals surface area contributed by atoms with Gasteiger partial charge in [0.2, 0.25) is 6.29 Å². The Morgan fingerprint density at radius 1 is 1.43 bits per heavy atom. The van der Waals surface area contributed by atoms with E-state index in [-0.39, 0.29) is 18.4 Å². The molecule has 0 saturated carbocycles. The van der Waals surface area contributed by atoms with E-state index in [0.717, 1.165) is 12.8 Å². The highest BCUT2D eigenvalue weighted by molar-refractivity contribution is 5.75. The van der Waals surface area contributed by atoms with Crippen molar-refractivity contribution in [3.8, 4) is 0 Å². The molecule has 0 bridgehead atoms. The molecule has 0 aromatic rings. The Bertz CT molecular complexity index is 191. The van der Waals surface area contributed by atoms with Crippen LogP contribution in [-0.4, -0.2) is 18.4 Å². The first-order chi connectivity index (χ1) is 6.69. The van der Waals surface area contributed by atoms with E-state index in [1.807, 2.05) is 0 Å². The molecular formula is C11H20O3. The normalized spacial score (nSPS) is 28.9. The van der Waals surface area contributed by atoms with Crippen LogP contribution in [0.2, 0.25) is 0 Å². The van der Waals surface area contributed by atoms with Crippen molar-refractivity contribution in [3.63, 3.8) is 0 Å². The molecule has 0 amide bonds. The fourth-order valence-electron chi connectivity index (χ4n) is 1.70. The van der Waals surface area contributed by atoms with Gasteiger partial charge in [0.25, 0.3) is 0 Å². The first-order valence-electron chi connectivity index (χ1n) is 5.55. The minimum atomic E-state index is -0.379. The summed E-state index contributed by atoms with van der Waals surface area (Å²) in [5.41, 5.74) is 0. The quantitative estimate of drug-likeness (QED) is 0.640. The SMILES string of the molecule is CCCC[C@H](CC)[C@H]1OC(=O)[C@@H](C)O1. The van der Waals surface area contributed by atoms with Crippen LogP contribution in [0.4, 0.5) is 0 Å². The summed E-state index contributed by atoms with van der Waals surface area (Å²) in [4.78, 5) is 11.1. The van der Waals surface area contributed by atoms with E-state index in [1.165, 1.54) is 12.8 Å². The zero-order valence-electron chi connectivity index (χ0n) is 9.29. The second-order valence-electron chi connectivity index (χ2n) is 3.89. The summed E-state index contributed by atoms with van der Waals surface area (Å²) < 4.78 is 10.6. The molecule has 1 saturated heterocycles. The summed E-state index contributed by atoms with van der Waals surface area (Å²) in [7, 11) is 0. The second kappa shape index (κ2) is 5.35. The summed E-state index contributed by atoms with van der Waals surface area (Å²) in [6.07, 6.45) is 3.75. The minimum Gasteiger partial charge on any atom is -0.434 e. The van der Waals surface area contributed by atoms with Crippen LogP contribution < -0.4 is 0 Å². The van der Waals surface area contributed by atoms with Crippen molar-refractivity contribution in [2.24, 2.45) is 5.92 Å². The van der Waals surface area contributed by atoms with Crippen molar-refractivity contribution < 1.29 is 14.3 Å². The predicted octanol–water partition coefficient (Wildman–Crippen LogP) is 2.49. The van der Waals surface area contributed by atoms with Crippen molar-refractivity contribution in [2.45, 2.75) is 58.8 Å². The maximum Gasteiger partial charge on any atom is 0.337 e. The number of unbranched alkanes of at least 4 members (excludes halogenated alkanes) is 1. The fraction of sp³-hybridized carbons (Fsp3) is 0.909. The molecule has 14 heavy (non-hydrogen) atoms. The summed E-state index contributed by atoms with van der Waals surface area (Å²) in [6.45, 7) is 6.02. The highest BCUT2D eigenvalue weighted by Gasteiger charge is 2.35. The molecule has 1 heterocycles. The average Bonchev–Trinajstić information content (AvgIpc) is 2.48. The van der Waals surface area contributed by atoms with Crippen molar-refractivity contribution >= 4 is 5.97 Å². The van der Waals surface area contributed by atoms with E-state index in [4.69, 9.17) is 9.47 Å². The minimum absolute atomic E-state index is 0.218. The molecule has 1 fully saturated rings. The molecule has 0 aliphatic carbocycles. The van der Waals surface area contributed by atoms with Crippen molar-refractivity contribution in [1.82, 2.24) is 0 Å². The zero-order chi connectivity index (χ0) is 10.6. The largest absolute Gasteiger partial charge is 0.434 e. The Kier molecular flexibility index (Phi) is 4.39. The smallest absolute Gasteiger partial charge is 0.337 e. The van der Waals surface area contributed by atoms with Gasteiger partial charge in [-0.15, -0.1) is 0 Å². The van der Waals surface area contributed by atoms with Gasteiger partial charge in [-0.2, -0.15) is 0 Å². The molecule has 3 heteroatoms. The van der Waals surface area contributed by atoms with Crippen LogP contribution in [0, 0.1) is 5.92 Å². The Hall–Kier alpha value is -0.570. The number of rotatable bonds is 5. The predicted molar refractivity (Wildman–Crippen MR) is 53.7 cm³/mol. The lowest BCUT2D eigenvalue weighted by molar-refractivity contribution is -0.148. The van der Waals surface area contributed by atoms with E-state index in [0.29, 0.717) is 5.92 Å². The van der Waals surface area contributed by atoms with Gasteiger partial charge in [-0.3, -0.25) is 0 Å². The molecule has 1 rings (SSSR count). The number of ether oxygens (including phenoxy) is 2. The lowest BCUT2D eigenvalue weighted by atomic mass is 9.99. The number of carbonyl (C=O) groups is 1. The molecule has 1 aliphatic rings. The van der Waals surface area contributed by atoms with Crippen LogP contribution in [0.15, 0.2) is 0 Å². The molecule has 0 aromatic heterocycles. The standard InChI is InChI=1S/C11H20O3/c1-4-6-7-9(5-2)11-13-8(3)10(12)14-11/h8-9,11H,4-7H2,1-3H3/t8-,9+,11-/m1/s1. The van der Waals surface area contributed by atoms with E-state index in [9.17, 15) is 4.79 Å². The molecular weight excluding hydrogens is 180 g/mol. The van der Waals surface area contributed by atoms with E-state index < -0.39 is 0 Å². The molecule has 0 unspecified atom stereocenters. The molecule has 82 valence electrons. The average molecular weight is 200 g/mol. The first kappa shape index (κ1) is 11.5. The van der Waals surface area contributed by atoms with E-state index in [1.54, 1.807) is 6.92 Å². The molecule has 3 nitrogen and oxygen atoms in total. The zero-order valence-corrected chi connectivity index (χ0v) is 9.29. The van der Waals surface area contributed by atoms with E-state index in [2.05, 4.69) is 13.8 Å². The topological polar surface area (TPSA) is 35.5 Å². The summed E-state index contributed by atoms with van der Waals surface area (Å²) in [6, 6.07) is 0. The Morgan fingerprint density at radius 2 is 2.14 bits per heavy atom. The third-order valence-corrected chi connectivity index (χ3v) is 2.74. The summed E-state index contributed by atoms with van der Waals surface area (Å²) in [5, 5.41) is 0. The maximum absolute atomic E-state index is 11.1. The Morgan fingerprint density at radius 3 is 2.57 bits per heavy atom. The number of hydrogen-bond donors (Lipinski definition) is 0. The van der Waals surface area contributed by atoms with Gasteiger partial charge >= 0.3 is 5.97 Å². The van der Waals surface area contributed by atoms with Gasteiger partial charge in [0.1, 0.15) is 0 Å². The van der Waals surface area contributed by atoms with Gasteiger partial charge in [0.15, 0.2) is 6.10 Å². The number of hydrogen-bond acceptors (Lipinski definition) is 3. The van der Waals surface area contributed by atoms with Gasteiger partial charge in [0.05, 0.1) is 0 Å². The monoisotopic (exact) mass is 200 g/mol. The lowest BCUT2D eigenvalue weighted by Crippen LogP contribution is -2.21. The van der Waals surface area contributed by atoms with Crippen LogP contribution in [0.3, 0.4) is 0 Å². The van der Waals surface area contributed by atoms with Gasteiger partial charge in [-0.05, 0) is 19.8 Å². The van der Waals surface area contributed by atoms with Crippen LogP contribution in [0.1, 0.15) is 46.5 Å². The van der Waals surface area contributed by atoms with Crippen LogP contribution >= 0.6 is 0 Å². The van der Waals surface area contributed by atoms with Gasteiger partial charge in [0, 0.05) is 5.92 Å². The van der Waals surface area contributed by atoms with E-state index >= 15 is 0 Å². The number of cyclic esters (lactones) is 1. The van der Waals surface area contributed by atoms with Crippen molar-refractivity contribution in [3.05, 3.63) is 0 Å². The third kappa shape index (κ3) is 2.71. The molecule has 0 N–H and O–H groups in total.